The van der Waals surface area contributed by atoms with E-state index in [-0.39, 0.29) is 17.5 Å². The maximum atomic E-state index is 13.6. The third-order valence-corrected chi connectivity index (χ3v) is 2.63. The molecule has 0 heterocycles. The maximum Gasteiger partial charge on any atom is 0.221 e. The van der Waals surface area contributed by atoms with Crippen LogP contribution in [0.25, 0.3) is 0 Å². The molecule has 0 unspecified atom stereocenters. The molecule has 0 saturated heterocycles. The number of ether oxygens (including phenoxy) is 1. The van der Waals surface area contributed by atoms with Crippen molar-refractivity contribution in [1.82, 2.24) is 10.6 Å². The van der Waals surface area contributed by atoms with Gasteiger partial charge in [0.25, 0.3) is 0 Å². The van der Waals surface area contributed by atoms with E-state index in [1.165, 1.54) is 6.07 Å². The van der Waals surface area contributed by atoms with Gasteiger partial charge in [-0.25, -0.2) is 4.39 Å². The van der Waals surface area contributed by atoms with Crippen LogP contribution in [-0.4, -0.2) is 32.7 Å². The van der Waals surface area contributed by atoms with Gasteiger partial charge < -0.3 is 15.4 Å². The molecule has 0 saturated carbocycles. The summed E-state index contributed by atoms with van der Waals surface area (Å²) >= 11 is 0. The van der Waals surface area contributed by atoms with Gasteiger partial charge in [0.05, 0.1) is 6.61 Å². The third-order valence-electron chi connectivity index (χ3n) is 2.63. The van der Waals surface area contributed by atoms with Crippen molar-refractivity contribution in [2.24, 2.45) is 0 Å². The van der Waals surface area contributed by atoms with Crippen molar-refractivity contribution >= 4 is 5.91 Å². The van der Waals surface area contributed by atoms with Crippen LogP contribution < -0.4 is 15.4 Å². The lowest BCUT2D eigenvalue weighted by Gasteiger charge is -2.08. The Morgan fingerprint density at radius 2 is 2.16 bits per heavy atom. The monoisotopic (exact) mass is 268 g/mol. The van der Waals surface area contributed by atoms with E-state index in [9.17, 15) is 9.18 Å². The average Bonchev–Trinajstić information content (AvgIpc) is 2.39. The van der Waals surface area contributed by atoms with Gasteiger partial charge in [0.15, 0.2) is 11.6 Å². The van der Waals surface area contributed by atoms with Crippen LogP contribution in [0.5, 0.6) is 5.75 Å². The molecule has 1 aromatic carbocycles. The van der Waals surface area contributed by atoms with Gasteiger partial charge in [0, 0.05) is 19.5 Å². The number of halogens is 1. The van der Waals surface area contributed by atoms with Crippen LogP contribution in [0.2, 0.25) is 0 Å². The van der Waals surface area contributed by atoms with Crippen molar-refractivity contribution in [3.8, 4) is 5.75 Å². The second-order valence-electron chi connectivity index (χ2n) is 4.15. The third kappa shape index (κ3) is 5.70. The molecule has 4 nitrogen and oxygen atoms in total. The number of hydrogen-bond donors (Lipinski definition) is 2. The quantitative estimate of drug-likeness (QED) is 0.751. The molecule has 0 fully saturated rings. The van der Waals surface area contributed by atoms with Gasteiger partial charge in [-0.1, -0.05) is 6.07 Å². The normalized spacial score (nSPS) is 10.3. The maximum absolute atomic E-state index is 13.6. The zero-order valence-corrected chi connectivity index (χ0v) is 11.5. The summed E-state index contributed by atoms with van der Waals surface area (Å²) in [5, 5.41) is 5.70. The number of amides is 1. The molecular formula is C14H21FN2O2. The van der Waals surface area contributed by atoms with Crippen molar-refractivity contribution in [3.63, 3.8) is 0 Å². The minimum atomic E-state index is -0.360. The lowest BCUT2D eigenvalue weighted by Crippen LogP contribution is -2.28. The SMILES string of the molecule is CCOc1ccc(CCNC(=O)CCNC)cc1F. The van der Waals surface area contributed by atoms with Gasteiger partial charge >= 0.3 is 0 Å². The molecule has 0 aliphatic carbocycles. The summed E-state index contributed by atoms with van der Waals surface area (Å²) in [6.45, 7) is 3.42. The highest BCUT2D eigenvalue weighted by molar-refractivity contribution is 5.76. The van der Waals surface area contributed by atoms with Crippen LogP contribution >= 0.6 is 0 Å². The molecule has 1 aromatic rings. The van der Waals surface area contributed by atoms with E-state index in [2.05, 4.69) is 10.6 Å². The van der Waals surface area contributed by atoms with E-state index in [1.807, 2.05) is 13.0 Å². The van der Waals surface area contributed by atoms with Crippen LogP contribution in [0.3, 0.4) is 0 Å². The van der Waals surface area contributed by atoms with E-state index < -0.39 is 0 Å². The fraction of sp³-hybridized carbons (Fsp3) is 0.500. The molecule has 1 amide bonds. The molecule has 0 aromatic heterocycles. The first-order valence-corrected chi connectivity index (χ1v) is 6.50. The molecule has 0 bridgehead atoms. The topological polar surface area (TPSA) is 50.4 Å². The zero-order chi connectivity index (χ0) is 14.1. The summed E-state index contributed by atoms with van der Waals surface area (Å²) in [4.78, 5) is 11.4. The molecule has 0 aliphatic rings. The van der Waals surface area contributed by atoms with Gasteiger partial charge in [-0.3, -0.25) is 4.79 Å². The second-order valence-corrected chi connectivity index (χ2v) is 4.15. The highest BCUT2D eigenvalue weighted by Crippen LogP contribution is 2.18. The van der Waals surface area contributed by atoms with E-state index in [0.29, 0.717) is 32.5 Å². The van der Waals surface area contributed by atoms with Gasteiger partial charge in [-0.05, 0) is 38.1 Å². The fourth-order valence-corrected chi connectivity index (χ4v) is 1.65. The lowest BCUT2D eigenvalue weighted by molar-refractivity contribution is -0.120. The van der Waals surface area contributed by atoms with Crippen molar-refractivity contribution < 1.29 is 13.9 Å². The number of rotatable bonds is 8. The summed E-state index contributed by atoms with van der Waals surface area (Å²) in [6.07, 6.45) is 1.06. The first kappa shape index (κ1) is 15.4. The van der Waals surface area contributed by atoms with Gasteiger partial charge in [0.2, 0.25) is 5.91 Å². The lowest BCUT2D eigenvalue weighted by atomic mass is 10.1. The number of hydrogen-bond acceptors (Lipinski definition) is 3. The van der Waals surface area contributed by atoms with Crippen LogP contribution in [0.1, 0.15) is 18.9 Å². The second kappa shape index (κ2) is 8.48. The molecule has 0 radical (unpaired) electrons. The Labute approximate surface area is 113 Å². The summed E-state index contributed by atoms with van der Waals surface area (Å²) < 4.78 is 18.7. The van der Waals surface area contributed by atoms with E-state index in [0.717, 1.165) is 5.56 Å². The molecule has 0 spiro atoms. The Hall–Kier alpha value is -1.62. The Bertz CT molecular complexity index is 410. The van der Waals surface area contributed by atoms with Crippen LogP contribution in [0.4, 0.5) is 4.39 Å². The molecule has 106 valence electrons. The molecule has 5 heteroatoms. The highest BCUT2D eigenvalue weighted by atomic mass is 19.1. The molecule has 0 aliphatic heterocycles. The Balaban J connectivity index is 2.37. The Morgan fingerprint density at radius 3 is 2.79 bits per heavy atom. The standard InChI is InChI=1S/C14H21FN2O2/c1-3-19-13-5-4-11(10-12(13)15)6-9-17-14(18)7-8-16-2/h4-5,10,16H,3,6-9H2,1-2H3,(H,17,18). The zero-order valence-electron chi connectivity index (χ0n) is 11.5. The Kier molecular flexibility index (Phi) is 6.89. The smallest absolute Gasteiger partial charge is 0.221 e. The predicted molar refractivity (Wildman–Crippen MR) is 72.8 cm³/mol. The first-order valence-electron chi connectivity index (χ1n) is 6.50. The predicted octanol–water partition coefficient (Wildman–Crippen LogP) is 1.49. The molecule has 0 atom stereocenters. The van der Waals surface area contributed by atoms with Crippen molar-refractivity contribution in [1.29, 1.82) is 0 Å². The van der Waals surface area contributed by atoms with Crippen LogP contribution in [-0.2, 0) is 11.2 Å². The number of nitrogens with one attached hydrogen (secondary N) is 2. The van der Waals surface area contributed by atoms with Crippen molar-refractivity contribution in [2.45, 2.75) is 19.8 Å². The molecule has 19 heavy (non-hydrogen) atoms. The summed E-state index contributed by atoms with van der Waals surface area (Å²) in [5.41, 5.74) is 0.842. The molecular weight excluding hydrogens is 247 g/mol. The van der Waals surface area contributed by atoms with Gasteiger partial charge in [-0.15, -0.1) is 0 Å². The van der Waals surface area contributed by atoms with Gasteiger partial charge in [0.1, 0.15) is 0 Å². The van der Waals surface area contributed by atoms with E-state index >= 15 is 0 Å². The summed E-state index contributed by atoms with van der Waals surface area (Å²) in [7, 11) is 1.80. The highest BCUT2D eigenvalue weighted by Gasteiger charge is 2.05. The fourth-order valence-electron chi connectivity index (χ4n) is 1.65. The number of carbonyl (C=O) groups is 1. The van der Waals surface area contributed by atoms with Gasteiger partial charge in [-0.2, -0.15) is 0 Å². The summed E-state index contributed by atoms with van der Waals surface area (Å²) in [5.74, 6) is -0.0917. The van der Waals surface area contributed by atoms with Crippen LogP contribution in [0, 0.1) is 5.82 Å². The molecule has 2 N–H and O–H groups in total. The van der Waals surface area contributed by atoms with E-state index in [4.69, 9.17) is 4.74 Å². The summed E-state index contributed by atoms with van der Waals surface area (Å²) in [6, 6.07) is 4.88. The first-order chi connectivity index (χ1) is 9.17. The Morgan fingerprint density at radius 1 is 1.37 bits per heavy atom. The van der Waals surface area contributed by atoms with Crippen LogP contribution in [0.15, 0.2) is 18.2 Å². The number of benzene rings is 1. The molecule has 1 rings (SSSR count). The van der Waals surface area contributed by atoms with Crippen molar-refractivity contribution in [3.05, 3.63) is 29.6 Å². The average molecular weight is 268 g/mol. The number of carbonyl (C=O) groups excluding carboxylic acids is 1. The van der Waals surface area contributed by atoms with Crippen molar-refractivity contribution in [2.75, 3.05) is 26.7 Å². The minimum Gasteiger partial charge on any atom is -0.491 e. The minimum absolute atomic E-state index is 0.000702. The van der Waals surface area contributed by atoms with E-state index in [1.54, 1.807) is 13.1 Å². The largest absolute Gasteiger partial charge is 0.491 e.